The lowest BCUT2D eigenvalue weighted by molar-refractivity contribution is -0.119. The van der Waals surface area contributed by atoms with Gasteiger partial charge in [0.05, 0.1) is 7.11 Å². The summed E-state index contributed by atoms with van der Waals surface area (Å²) in [5, 5.41) is 3.09. The van der Waals surface area contributed by atoms with Gasteiger partial charge in [-0.1, -0.05) is 0 Å². The van der Waals surface area contributed by atoms with Gasteiger partial charge in [0.2, 0.25) is 0 Å². The summed E-state index contributed by atoms with van der Waals surface area (Å²) in [6.07, 6.45) is 9.47. The van der Waals surface area contributed by atoms with E-state index in [1.165, 1.54) is 45.6 Å². The largest absolute Gasteiger partial charge is 0.493 e. The van der Waals surface area contributed by atoms with Crippen LogP contribution in [0.15, 0.2) is 18.2 Å². The fraction of sp³-hybridized carbons (Fsp3) is 0.636. The third-order valence-corrected chi connectivity index (χ3v) is 6.90. The van der Waals surface area contributed by atoms with Crippen molar-refractivity contribution in [3.63, 3.8) is 0 Å². The molecule has 4 saturated carbocycles. The van der Waals surface area contributed by atoms with Gasteiger partial charge in [0.25, 0.3) is 11.8 Å². The number of ether oxygens (including phenoxy) is 2. The molecule has 1 aromatic rings. The molecule has 5 rings (SSSR count). The molecule has 4 bridgehead atoms. The highest BCUT2D eigenvalue weighted by Gasteiger charge is 2.50. The van der Waals surface area contributed by atoms with Crippen LogP contribution in [-0.2, 0) is 4.79 Å². The van der Waals surface area contributed by atoms with Gasteiger partial charge >= 0.3 is 0 Å². The number of rotatable bonds is 8. The zero-order chi connectivity index (χ0) is 19.7. The standard InChI is InChI=1S/C22H30N2O4/c1-27-19-9-17(2-3-18(19)28-13-20(23)25)21(26)24-5-4-22-10-14-6-15(11-22)8-16(7-14)12-22/h2-3,9,14-16H,4-8,10-13H2,1H3,(H2,23,25)(H,24,26). The summed E-state index contributed by atoms with van der Waals surface area (Å²) in [6.45, 7) is 0.486. The molecule has 0 unspecified atom stereocenters. The molecule has 2 amide bonds. The Morgan fingerprint density at radius 3 is 2.32 bits per heavy atom. The molecule has 0 heterocycles. The quantitative estimate of drug-likeness (QED) is 0.719. The van der Waals surface area contributed by atoms with Crippen molar-refractivity contribution in [2.45, 2.75) is 44.9 Å². The highest BCUT2D eigenvalue weighted by atomic mass is 16.5. The van der Waals surface area contributed by atoms with E-state index in [1.54, 1.807) is 18.2 Å². The Morgan fingerprint density at radius 1 is 1.11 bits per heavy atom. The molecule has 4 fully saturated rings. The van der Waals surface area contributed by atoms with Gasteiger partial charge in [-0.25, -0.2) is 0 Å². The van der Waals surface area contributed by atoms with Crippen LogP contribution in [0.5, 0.6) is 11.5 Å². The zero-order valence-electron chi connectivity index (χ0n) is 16.5. The monoisotopic (exact) mass is 386 g/mol. The average Bonchev–Trinajstić information content (AvgIpc) is 2.64. The first-order valence-electron chi connectivity index (χ1n) is 10.3. The lowest BCUT2D eigenvalue weighted by Gasteiger charge is -2.57. The van der Waals surface area contributed by atoms with Crippen molar-refractivity contribution >= 4 is 11.8 Å². The summed E-state index contributed by atoms with van der Waals surface area (Å²) in [5.74, 6) is 2.93. The van der Waals surface area contributed by atoms with Gasteiger partial charge in [-0.3, -0.25) is 9.59 Å². The molecule has 152 valence electrons. The van der Waals surface area contributed by atoms with E-state index in [0.717, 1.165) is 24.2 Å². The van der Waals surface area contributed by atoms with Crippen LogP contribution in [0.2, 0.25) is 0 Å². The number of amides is 2. The summed E-state index contributed by atoms with van der Waals surface area (Å²) in [6, 6.07) is 4.95. The number of nitrogens with one attached hydrogen (secondary N) is 1. The van der Waals surface area contributed by atoms with Crippen LogP contribution in [0.4, 0.5) is 0 Å². The molecule has 28 heavy (non-hydrogen) atoms. The van der Waals surface area contributed by atoms with E-state index in [4.69, 9.17) is 15.2 Å². The minimum absolute atomic E-state index is 0.107. The number of hydrogen-bond donors (Lipinski definition) is 2. The van der Waals surface area contributed by atoms with E-state index < -0.39 is 5.91 Å². The zero-order valence-corrected chi connectivity index (χ0v) is 16.5. The van der Waals surface area contributed by atoms with Crippen LogP contribution in [0.25, 0.3) is 0 Å². The fourth-order valence-corrected chi connectivity index (χ4v) is 6.22. The number of nitrogens with two attached hydrogens (primary N) is 1. The summed E-state index contributed by atoms with van der Waals surface area (Å²) in [5.41, 5.74) is 6.09. The second-order valence-corrected chi connectivity index (χ2v) is 9.04. The molecule has 1 aromatic carbocycles. The van der Waals surface area contributed by atoms with E-state index in [1.807, 2.05) is 0 Å². The molecule has 4 aliphatic carbocycles. The van der Waals surface area contributed by atoms with Gasteiger partial charge in [-0.15, -0.1) is 0 Å². The van der Waals surface area contributed by atoms with Crippen molar-refractivity contribution < 1.29 is 19.1 Å². The van der Waals surface area contributed by atoms with Gasteiger partial charge in [0, 0.05) is 12.1 Å². The van der Waals surface area contributed by atoms with E-state index >= 15 is 0 Å². The molecule has 6 nitrogen and oxygen atoms in total. The molecule has 0 atom stereocenters. The molecular formula is C22H30N2O4. The molecule has 3 N–H and O–H groups in total. The van der Waals surface area contributed by atoms with E-state index in [9.17, 15) is 9.59 Å². The third kappa shape index (κ3) is 3.96. The van der Waals surface area contributed by atoms with Gasteiger partial charge in [0.1, 0.15) is 0 Å². The average molecular weight is 386 g/mol. The number of hydrogen-bond acceptors (Lipinski definition) is 4. The van der Waals surface area contributed by atoms with Crippen molar-refractivity contribution in [3.05, 3.63) is 23.8 Å². The van der Waals surface area contributed by atoms with Crippen LogP contribution >= 0.6 is 0 Å². The normalized spacial score (nSPS) is 30.1. The summed E-state index contributed by atoms with van der Waals surface area (Å²) >= 11 is 0. The number of carbonyl (C=O) groups is 2. The summed E-state index contributed by atoms with van der Waals surface area (Å²) in [7, 11) is 1.50. The highest BCUT2D eigenvalue weighted by Crippen LogP contribution is 2.61. The van der Waals surface area contributed by atoms with Crippen LogP contribution in [0.1, 0.15) is 55.3 Å². The van der Waals surface area contributed by atoms with Gasteiger partial charge in [-0.2, -0.15) is 0 Å². The maximum Gasteiger partial charge on any atom is 0.255 e. The number of primary amides is 1. The summed E-state index contributed by atoms with van der Waals surface area (Å²) in [4.78, 5) is 23.5. The second kappa shape index (κ2) is 7.64. The number of benzene rings is 1. The Hall–Kier alpha value is -2.24. The molecule has 0 aliphatic heterocycles. The third-order valence-electron chi connectivity index (χ3n) is 6.90. The molecule has 4 aliphatic rings. The lowest BCUT2D eigenvalue weighted by atomic mass is 9.49. The van der Waals surface area contributed by atoms with Crippen molar-refractivity contribution in [1.29, 1.82) is 0 Å². The molecular weight excluding hydrogens is 356 g/mol. The van der Waals surface area contributed by atoms with Crippen LogP contribution < -0.4 is 20.5 Å². The Bertz CT molecular complexity index is 726. The smallest absolute Gasteiger partial charge is 0.255 e. The van der Waals surface area contributed by atoms with Crippen molar-refractivity contribution in [3.8, 4) is 11.5 Å². The van der Waals surface area contributed by atoms with Crippen molar-refractivity contribution in [1.82, 2.24) is 5.32 Å². The Balaban J connectivity index is 1.33. The molecule has 0 radical (unpaired) electrons. The van der Waals surface area contributed by atoms with Crippen LogP contribution in [0, 0.1) is 23.2 Å². The Labute approximate surface area is 166 Å². The number of methoxy groups -OCH3 is 1. The molecule has 0 saturated heterocycles. The predicted octanol–water partition coefficient (Wildman–Crippen LogP) is 2.90. The topological polar surface area (TPSA) is 90.7 Å². The number of carbonyl (C=O) groups excluding carboxylic acids is 2. The second-order valence-electron chi connectivity index (χ2n) is 9.04. The SMILES string of the molecule is COc1cc(C(=O)NCCC23CC4CC(CC(C4)C2)C3)ccc1OCC(N)=O. The van der Waals surface area contributed by atoms with Crippen LogP contribution in [0.3, 0.4) is 0 Å². The van der Waals surface area contributed by atoms with Gasteiger partial charge in [-0.05, 0) is 86.3 Å². The first-order chi connectivity index (χ1) is 13.5. The van der Waals surface area contributed by atoms with Crippen LogP contribution in [-0.4, -0.2) is 32.1 Å². The van der Waals surface area contributed by atoms with E-state index in [0.29, 0.717) is 29.0 Å². The minimum atomic E-state index is -0.562. The first kappa shape index (κ1) is 19.1. The Kier molecular flexibility index (Phi) is 5.21. The van der Waals surface area contributed by atoms with E-state index in [-0.39, 0.29) is 12.5 Å². The lowest BCUT2D eigenvalue weighted by Crippen LogP contribution is -2.47. The van der Waals surface area contributed by atoms with Gasteiger partial charge in [0.15, 0.2) is 18.1 Å². The first-order valence-corrected chi connectivity index (χ1v) is 10.3. The highest BCUT2D eigenvalue weighted by molar-refractivity contribution is 5.94. The van der Waals surface area contributed by atoms with E-state index in [2.05, 4.69) is 5.32 Å². The molecule has 6 heteroatoms. The summed E-state index contributed by atoms with van der Waals surface area (Å²) < 4.78 is 10.6. The maximum absolute atomic E-state index is 12.6. The fourth-order valence-electron chi connectivity index (χ4n) is 6.22. The molecule has 0 spiro atoms. The van der Waals surface area contributed by atoms with Crippen molar-refractivity contribution in [2.24, 2.45) is 28.9 Å². The Morgan fingerprint density at radius 2 is 1.75 bits per heavy atom. The van der Waals surface area contributed by atoms with Gasteiger partial charge < -0.3 is 20.5 Å². The molecule has 0 aromatic heterocycles. The van der Waals surface area contributed by atoms with Crippen molar-refractivity contribution in [2.75, 3.05) is 20.3 Å². The minimum Gasteiger partial charge on any atom is -0.493 e. The maximum atomic E-state index is 12.6. The predicted molar refractivity (Wildman–Crippen MR) is 105 cm³/mol.